The van der Waals surface area contributed by atoms with Crippen LogP contribution < -0.4 is 10.2 Å². The highest BCUT2D eigenvalue weighted by molar-refractivity contribution is 6.30. The van der Waals surface area contributed by atoms with Crippen molar-refractivity contribution in [2.45, 2.75) is 20.8 Å². The number of aryl methyl sites for hydroxylation is 2. The van der Waals surface area contributed by atoms with Gasteiger partial charge in [0.05, 0.1) is 19.0 Å². The molecule has 6 heteroatoms. The van der Waals surface area contributed by atoms with Crippen molar-refractivity contribution in [3.05, 3.63) is 81.6 Å². The van der Waals surface area contributed by atoms with Gasteiger partial charge in [-0.2, -0.15) is 5.10 Å². The zero-order valence-electron chi connectivity index (χ0n) is 16.3. The Balaban J connectivity index is 1.85. The first-order valence-electron chi connectivity index (χ1n) is 8.83. The fourth-order valence-electron chi connectivity index (χ4n) is 3.14. The molecule has 0 aliphatic carbocycles. The van der Waals surface area contributed by atoms with Crippen LogP contribution in [0.15, 0.2) is 53.6 Å². The van der Waals surface area contributed by atoms with E-state index in [0.717, 1.165) is 34.0 Å². The van der Waals surface area contributed by atoms with E-state index in [4.69, 9.17) is 16.3 Å². The number of hydrogen-bond donors (Lipinski definition) is 1. The zero-order chi connectivity index (χ0) is 20.3. The summed E-state index contributed by atoms with van der Waals surface area (Å²) in [7, 11) is 1.63. The first kappa shape index (κ1) is 19.7. The van der Waals surface area contributed by atoms with Crippen molar-refractivity contribution in [1.82, 2.24) is 9.99 Å². The van der Waals surface area contributed by atoms with Gasteiger partial charge in [-0.3, -0.25) is 4.79 Å². The Morgan fingerprint density at radius 1 is 1.14 bits per heavy atom. The van der Waals surface area contributed by atoms with Gasteiger partial charge in [-0.05, 0) is 57.2 Å². The van der Waals surface area contributed by atoms with Crippen LogP contribution in [0.4, 0.5) is 0 Å². The van der Waals surface area contributed by atoms with Crippen molar-refractivity contribution < 1.29 is 9.53 Å². The van der Waals surface area contributed by atoms with E-state index in [-0.39, 0.29) is 5.91 Å². The molecule has 2 aromatic carbocycles. The Bertz CT molecular complexity index is 1050. The van der Waals surface area contributed by atoms with Crippen LogP contribution in [-0.2, 0) is 0 Å². The van der Waals surface area contributed by atoms with Crippen LogP contribution in [0, 0.1) is 20.8 Å². The maximum Gasteiger partial charge on any atom is 0.271 e. The molecule has 0 atom stereocenters. The molecule has 28 heavy (non-hydrogen) atoms. The lowest BCUT2D eigenvalue weighted by atomic mass is 10.1. The second-order valence-corrected chi connectivity index (χ2v) is 6.98. The van der Waals surface area contributed by atoms with Crippen LogP contribution >= 0.6 is 11.6 Å². The summed E-state index contributed by atoms with van der Waals surface area (Å²) in [6, 6.07) is 14.9. The van der Waals surface area contributed by atoms with Crippen molar-refractivity contribution in [2.75, 3.05) is 7.11 Å². The summed E-state index contributed by atoms with van der Waals surface area (Å²) in [5.41, 5.74) is 7.89. The molecule has 0 fully saturated rings. The number of halogens is 1. The molecule has 1 aromatic heterocycles. The van der Waals surface area contributed by atoms with Crippen LogP contribution in [0.25, 0.3) is 5.69 Å². The number of carbonyl (C=O) groups is 1. The lowest BCUT2D eigenvalue weighted by Gasteiger charge is -2.14. The maximum absolute atomic E-state index is 12.2. The predicted octanol–water partition coefficient (Wildman–Crippen LogP) is 4.83. The Morgan fingerprint density at radius 2 is 1.93 bits per heavy atom. The number of benzene rings is 2. The van der Waals surface area contributed by atoms with Gasteiger partial charge in [-0.1, -0.05) is 29.3 Å². The Labute approximate surface area is 169 Å². The van der Waals surface area contributed by atoms with Crippen LogP contribution in [0.3, 0.4) is 0 Å². The van der Waals surface area contributed by atoms with Gasteiger partial charge in [0.1, 0.15) is 5.75 Å². The molecule has 3 rings (SSSR count). The van der Waals surface area contributed by atoms with Crippen molar-refractivity contribution in [3.63, 3.8) is 0 Å². The largest absolute Gasteiger partial charge is 0.495 e. The molecular formula is C22H22ClN3O2. The number of methoxy groups -OCH3 is 1. The Hall–Kier alpha value is -3.05. The third kappa shape index (κ3) is 4.10. The monoisotopic (exact) mass is 395 g/mol. The standard InChI is InChI=1S/C22H22ClN3O2/c1-14-6-5-7-17(10-14)22(27)25-24-13-18-11-15(2)26(16(18)3)20-12-19(23)8-9-21(20)28-4/h5-13H,1-4H3,(H,25,27)/b24-13-. The summed E-state index contributed by atoms with van der Waals surface area (Å²) in [5, 5.41) is 4.75. The van der Waals surface area contributed by atoms with Gasteiger partial charge < -0.3 is 9.30 Å². The summed E-state index contributed by atoms with van der Waals surface area (Å²) >= 11 is 6.18. The molecule has 0 saturated carbocycles. The minimum atomic E-state index is -0.245. The molecule has 1 N–H and O–H groups in total. The first-order valence-corrected chi connectivity index (χ1v) is 9.21. The van der Waals surface area contributed by atoms with E-state index in [9.17, 15) is 4.79 Å². The van der Waals surface area contributed by atoms with Gasteiger partial charge in [0.2, 0.25) is 0 Å². The van der Waals surface area contributed by atoms with Gasteiger partial charge >= 0.3 is 0 Å². The van der Waals surface area contributed by atoms with Crippen LogP contribution in [-0.4, -0.2) is 23.8 Å². The van der Waals surface area contributed by atoms with E-state index in [1.807, 2.05) is 57.2 Å². The first-order chi connectivity index (χ1) is 13.4. The number of carbonyl (C=O) groups excluding carboxylic acids is 1. The number of aromatic nitrogens is 1. The molecule has 0 aliphatic rings. The highest BCUT2D eigenvalue weighted by Gasteiger charge is 2.14. The summed E-state index contributed by atoms with van der Waals surface area (Å²) < 4.78 is 7.53. The average molecular weight is 396 g/mol. The fraction of sp³-hybridized carbons (Fsp3) is 0.182. The van der Waals surface area contributed by atoms with Crippen LogP contribution in [0.5, 0.6) is 5.75 Å². The van der Waals surface area contributed by atoms with Crippen molar-refractivity contribution in [3.8, 4) is 11.4 Å². The Morgan fingerprint density at radius 3 is 2.64 bits per heavy atom. The van der Waals surface area contributed by atoms with E-state index >= 15 is 0 Å². The topological polar surface area (TPSA) is 55.6 Å². The zero-order valence-corrected chi connectivity index (χ0v) is 17.0. The molecule has 0 saturated heterocycles. The summed E-state index contributed by atoms with van der Waals surface area (Å²) in [5.74, 6) is 0.479. The van der Waals surface area contributed by atoms with Gasteiger partial charge in [-0.15, -0.1) is 0 Å². The predicted molar refractivity (Wildman–Crippen MR) is 113 cm³/mol. The lowest BCUT2D eigenvalue weighted by Crippen LogP contribution is -2.17. The molecule has 5 nitrogen and oxygen atoms in total. The highest BCUT2D eigenvalue weighted by Crippen LogP contribution is 2.30. The second-order valence-electron chi connectivity index (χ2n) is 6.55. The number of rotatable bonds is 5. The van der Waals surface area contributed by atoms with E-state index in [1.165, 1.54) is 0 Å². The van der Waals surface area contributed by atoms with Crippen molar-refractivity contribution in [2.24, 2.45) is 5.10 Å². The molecule has 3 aromatic rings. The van der Waals surface area contributed by atoms with Gasteiger partial charge in [0.25, 0.3) is 5.91 Å². The highest BCUT2D eigenvalue weighted by atomic mass is 35.5. The molecule has 1 amide bonds. The van der Waals surface area contributed by atoms with E-state index in [0.29, 0.717) is 10.6 Å². The molecule has 1 heterocycles. The minimum Gasteiger partial charge on any atom is -0.495 e. The van der Waals surface area contributed by atoms with Crippen LogP contribution in [0.1, 0.15) is 32.9 Å². The number of hydrogen-bond acceptors (Lipinski definition) is 3. The molecule has 0 unspecified atom stereocenters. The SMILES string of the molecule is COc1ccc(Cl)cc1-n1c(C)cc(/C=N\NC(=O)c2cccc(C)c2)c1C. The summed E-state index contributed by atoms with van der Waals surface area (Å²) in [6.45, 7) is 5.92. The average Bonchev–Trinajstić information content (AvgIpc) is 2.95. The quantitative estimate of drug-likeness (QED) is 0.497. The van der Waals surface area contributed by atoms with Crippen LogP contribution in [0.2, 0.25) is 5.02 Å². The molecule has 144 valence electrons. The second kappa shape index (κ2) is 8.31. The van der Waals surface area contributed by atoms with E-state index < -0.39 is 0 Å². The number of ether oxygens (including phenoxy) is 1. The summed E-state index contributed by atoms with van der Waals surface area (Å²) in [4.78, 5) is 12.2. The molecule has 0 aliphatic heterocycles. The van der Waals surface area contributed by atoms with Gasteiger partial charge in [0.15, 0.2) is 0 Å². The smallest absolute Gasteiger partial charge is 0.271 e. The van der Waals surface area contributed by atoms with Gasteiger partial charge in [0, 0.05) is 27.5 Å². The lowest BCUT2D eigenvalue weighted by molar-refractivity contribution is 0.0955. The molecular weight excluding hydrogens is 374 g/mol. The third-order valence-corrected chi connectivity index (χ3v) is 4.74. The number of nitrogens with one attached hydrogen (secondary N) is 1. The number of amides is 1. The maximum atomic E-state index is 12.2. The minimum absolute atomic E-state index is 0.245. The Kier molecular flexibility index (Phi) is 5.85. The molecule has 0 bridgehead atoms. The summed E-state index contributed by atoms with van der Waals surface area (Å²) in [6.07, 6.45) is 1.64. The number of nitrogens with zero attached hydrogens (tertiary/aromatic N) is 2. The van der Waals surface area contributed by atoms with E-state index in [1.54, 1.807) is 25.5 Å². The number of hydrazone groups is 1. The van der Waals surface area contributed by atoms with E-state index in [2.05, 4.69) is 15.1 Å². The van der Waals surface area contributed by atoms with Crippen molar-refractivity contribution >= 4 is 23.7 Å². The fourth-order valence-corrected chi connectivity index (χ4v) is 3.30. The van der Waals surface area contributed by atoms with Crippen molar-refractivity contribution in [1.29, 1.82) is 0 Å². The molecule has 0 radical (unpaired) electrons. The normalized spacial score (nSPS) is 11.0. The molecule has 0 spiro atoms. The van der Waals surface area contributed by atoms with Gasteiger partial charge in [-0.25, -0.2) is 5.43 Å². The third-order valence-electron chi connectivity index (χ3n) is 4.50.